The van der Waals surface area contributed by atoms with E-state index in [2.05, 4.69) is 11.8 Å². The number of hydrogen-bond acceptors (Lipinski definition) is 5. The molecule has 3 rings (SSSR count). The quantitative estimate of drug-likeness (QED) is 0.510. The summed E-state index contributed by atoms with van der Waals surface area (Å²) in [5.41, 5.74) is 5.32. The van der Waals surface area contributed by atoms with Gasteiger partial charge in [-0.2, -0.15) is 4.31 Å². The van der Waals surface area contributed by atoms with Crippen molar-refractivity contribution in [2.45, 2.75) is 51.3 Å². The largest absolute Gasteiger partial charge is 0.444 e. The maximum Gasteiger partial charge on any atom is 0.410 e. The summed E-state index contributed by atoms with van der Waals surface area (Å²) in [6, 6.07) is 3.16. The first-order valence-corrected chi connectivity index (χ1v) is 11.1. The predicted molar refractivity (Wildman–Crippen MR) is 108 cm³/mol. The van der Waals surface area contributed by atoms with Gasteiger partial charge in [-0.1, -0.05) is 17.9 Å². The smallest absolute Gasteiger partial charge is 0.410 e. The van der Waals surface area contributed by atoms with Crippen LogP contribution in [0.1, 0.15) is 39.2 Å². The molecule has 2 N–H and O–H groups in total. The average Bonchev–Trinajstić information content (AvgIpc) is 2.71. The summed E-state index contributed by atoms with van der Waals surface area (Å²) < 4.78 is 46.3. The van der Waals surface area contributed by atoms with Gasteiger partial charge in [0.15, 0.2) is 0 Å². The van der Waals surface area contributed by atoms with Crippen molar-refractivity contribution in [3.8, 4) is 11.8 Å². The first kappa shape index (κ1) is 21.4. The fraction of sp³-hybridized carbons (Fsp3) is 0.550. The van der Waals surface area contributed by atoms with Gasteiger partial charge >= 0.3 is 6.09 Å². The SMILES string of the molecule is CC(C)(C)OC(=O)N1CC(C#Cc2c(N)cccc2F)N2C[C@H]1CCCS2(=O)=O. The Bertz CT molecular complexity index is 942. The minimum absolute atomic E-state index is 0.00826. The van der Waals surface area contributed by atoms with Gasteiger partial charge in [0.05, 0.1) is 23.5 Å². The number of piperazine rings is 1. The lowest BCUT2D eigenvalue weighted by molar-refractivity contribution is 0.00173. The Morgan fingerprint density at radius 1 is 1.31 bits per heavy atom. The van der Waals surface area contributed by atoms with Gasteiger partial charge in [0.1, 0.15) is 17.5 Å². The molecule has 0 spiro atoms. The fourth-order valence-corrected chi connectivity index (χ4v) is 5.20. The maximum atomic E-state index is 14.1. The van der Waals surface area contributed by atoms with Gasteiger partial charge in [-0.25, -0.2) is 17.6 Å². The van der Waals surface area contributed by atoms with Crippen LogP contribution in [0.15, 0.2) is 18.2 Å². The molecule has 158 valence electrons. The van der Waals surface area contributed by atoms with Crippen molar-refractivity contribution in [1.82, 2.24) is 9.21 Å². The van der Waals surface area contributed by atoms with Crippen LogP contribution in [0, 0.1) is 17.7 Å². The summed E-state index contributed by atoms with van der Waals surface area (Å²) >= 11 is 0. The van der Waals surface area contributed by atoms with Crippen molar-refractivity contribution in [2.75, 3.05) is 24.6 Å². The lowest BCUT2D eigenvalue weighted by Gasteiger charge is -2.42. The van der Waals surface area contributed by atoms with Crippen LogP contribution in [0.4, 0.5) is 14.9 Å². The molecule has 2 heterocycles. The summed E-state index contributed by atoms with van der Waals surface area (Å²) in [6.45, 7) is 5.53. The van der Waals surface area contributed by atoms with E-state index in [0.29, 0.717) is 12.8 Å². The second-order valence-corrected chi connectivity index (χ2v) is 10.3. The molecule has 1 amide bonds. The minimum atomic E-state index is -3.52. The van der Waals surface area contributed by atoms with Crippen LogP contribution in [-0.2, 0) is 14.8 Å². The number of sulfonamides is 1. The van der Waals surface area contributed by atoms with Crippen molar-refractivity contribution < 1.29 is 22.3 Å². The van der Waals surface area contributed by atoms with Gasteiger partial charge in [0.2, 0.25) is 10.0 Å². The third kappa shape index (κ3) is 4.82. The third-order valence-corrected chi connectivity index (χ3v) is 6.81. The molecule has 0 aromatic heterocycles. The number of nitrogens with zero attached hydrogens (tertiary/aromatic N) is 2. The Labute approximate surface area is 171 Å². The van der Waals surface area contributed by atoms with Gasteiger partial charge in [-0.15, -0.1) is 0 Å². The molecule has 29 heavy (non-hydrogen) atoms. The Morgan fingerprint density at radius 2 is 2.03 bits per heavy atom. The first-order chi connectivity index (χ1) is 13.5. The number of carbonyl (C=O) groups excluding carboxylic acids is 1. The Morgan fingerprint density at radius 3 is 2.69 bits per heavy atom. The molecular weight excluding hydrogens is 397 g/mol. The molecule has 2 saturated heterocycles. The van der Waals surface area contributed by atoms with E-state index in [1.165, 1.54) is 22.5 Å². The van der Waals surface area contributed by atoms with E-state index in [-0.39, 0.29) is 36.1 Å². The highest BCUT2D eigenvalue weighted by atomic mass is 32.2. The van der Waals surface area contributed by atoms with E-state index in [4.69, 9.17) is 10.5 Å². The number of rotatable bonds is 0. The maximum absolute atomic E-state index is 14.1. The fourth-order valence-electron chi connectivity index (χ4n) is 3.52. The molecule has 2 aliphatic heterocycles. The Balaban J connectivity index is 1.96. The Hall–Kier alpha value is -2.31. The molecule has 0 aliphatic carbocycles. The molecule has 2 unspecified atom stereocenters. The van der Waals surface area contributed by atoms with Crippen LogP contribution in [0.5, 0.6) is 0 Å². The molecular formula is C20H26FN3O4S. The highest BCUT2D eigenvalue weighted by Gasteiger charge is 2.44. The Kier molecular flexibility index (Phi) is 5.79. The van der Waals surface area contributed by atoms with E-state index >= 15 is 0 Å². The average molecular weight is 424 g/mol. The van der Waals surface area contributed by atoms with Gasteiger partial charge in [-0.05, 0) is 45.7 Å². The molecule has 9 heteroatoms. The second kappa shape index (κ2) is 7.84. The number of nitrogen functional groups attached to an aromatic ring is 1. The molecule has 1 aromatic carbocycles. The number of fused-ring (bicyclic) bond motifs is 2. The molecule has 2 fully saturated rings. The minimum Gasteiger partial charge on any atom is -0.444 e. The number of benzene rings is 1. The zero-order valence-corrected chi connectivity index (χ0v) is 17.6. The van der Waals surface area contributed by atoms with E-state index in [0.717, 1.165) is 0 Å². The van der Waals surface area contributed by atoms with E-state index < -0.39 is 33.6 Å². The summed E-state index contributed by atoms with van der Waals surface area (Å²) in [5.74, 6) is 4.94. The van der Waals surface area contributed by atoms with Crippen LogP contribution >= 0.6 is 0 Å². The van der Waals surface area contributed by atoms with Gasteiger partial charge < -0.3 is 15.4 Å². The monoisotopic (exact) mass is 423 g/mol. The van der Waals surface area contributed by atoms with Crippen LogP contribution in [0.2, 0.25) is 0 Å². The number of halogens is 1. The zero-order chi connectivity index (χ0) is 21.4. The standard InChI is InChI=1S/C20H26FN3O4S/c1-20(2,3)28-19(25)23-12-15(9-10-16-17(21)7-4-8-18(16)22)24-13-14(23)6-5-11-29(24,26)27/h4,7-8,14-15H,5-6,11-13,22H2,1-3H3/t14-,15?/m1/s1. The van der Waals surface area contributed by atoms with Crippen molar-refractivity contribution in [1.29, 1.82) is 0 Å². The molecule has 2 aliphatic rings. The van der Waals surface area contributed by atoms with Crippen molar-refractivity contribution in [2.24, 2.45) is 0 Å². The summed E-state index contributed by atoms with van der Waals surface area (Å²) in [4.78, 5) is 14.3. The summed E-state index contributed by atoms with van der Waals surface area (Å²) in [6.07, 6.45) is 0.511. The number of ether oxygens (including phenoxy) is 1. The number of nitrogens with two attached hydrogens (primary N) is 1. The molecule has 3 atom stereocenters. The molecule has 1 aromatic rings. The van der Waals surface area contributed by atoms with E-state index in [1.807, 2.05) is 0 Å². The summed E-state index contributed by atoms with van der Waals surface area (Å²) in [7, 11) is -3.52. The van der Waals surface area contributed by atoms with Crippen LogP contribution < -0.4 is 5.73 Å². The third-order valence-electron chi connectivity index (χ3n) is 4.88. The molecule has 2 bridgehead atoms. The van der Waals surface area contributed by atoms with Crippen LogP contribution in [-0.4, -0.2) is 60.2 Å². The molecule has 7 nitrogen and oxygen atoms in total. The number of carbonyl (C=O) groups is 1. The van der Waals surface area contributed by atoms with E-state index in [9.17, 15) is 17.6 Å². The lowest BCUT2D eigenvalue weighted by Crippen LogP contribution is -2.60. The first-order valence-electron chi connectivity index (χ1n) is 9.52. The van der Waals surface area contributed by atoms with Crippen LogP contribution in [0.3, 0.4) is 0 Å². The second-order valence-electron chi connectivity index (χ2n) is 8.30. The topological polar surface area (TPSA) is 92.9 Å². The van der Waals surface area contributed by atoms with Gasteiger partial charge in [-0.3, -0.25) is 0 Å². The number of amides is 1. The number of anilines is 1. The normalized spacial score (nSPS) is 26.1. The highest BCUT2D eigenvalue weighted by Crippen LogP contribution is 2.28. The predicted octanol–water partition coefficient (Wildman–Crippen LogP) is 2.17. The summed E-state index contributed by atoms with van der Waals surface area (Å²) in [5, 5.41) is 0. The lowest BCUT2D eigenvalue weighted by atomic mass is 10.0. The van der Waals surface area contributed by atoms with Crippen molar-refractivity contribution in [3.05, 3.63) is 29.6 Å². The van der Waals surface area contributed by atoms with Gasteiger partial charge in [0, 0.05) is 12.6 Å². The van der Waals surface area contributed by atoms with E-state index in [1.54, 1.807) is 25.7 Å². The van der Waals surface area contributed by atoms with Crippen molar-refractivity contribution in [3.63, 3.8) is 0 Å². The highest BCUT2D eigenvalue weighted by molar-refractivity contribution is 7.89. The molecule has 0 saturated carbocycles. The zero-order valence-electron chi connectivity index (χ0n) is 16.8. The number of hydrogen-bond donors (Lipinski definition) is 1. The molecule has 0 radical (unpaired) electrons. The van der Waals surface area contributed by atoms with Crippen molar-refractivity contribution >= 4 is 21.8 Å². The van der Waals surface area contributed by atoms with Crippen LogP contribution in [0.25, 0.3) is 0 Å². The van der Waals surface area contributed by atoms with Gasteiger partial charge in [0.25, 0.3) is 0 Å².